The lowest BCUT2D eigenvalue weighted by molar-refractivity contribution is 0.661. The highest BCUT2D eigenvalue weighted by atomic mass is 15.2. The largest absolute Gasteiger partial charge is 0.311 e. The second-order valence-corrected chi connectivity index (χ2v) is 15.3. The molecule has 0 fully saturated rings. The van der Waals surface area contributed by atoms with Gasteiger partial charge in [-0.15, -0.1) is 0 Å². The molecule has 55 heavy (non-hydrogen) atoms. The van der Waals surface area contributed by atoms with Gasteiger partial charge in [0.25, 0.3) is 6.71 Å². The minimum absolute atomic E-state index is 0.0477. The molecule has 8 aromatic rings. The number of nitrogens with zero attached hydrogens (tertiary/aromatic N) is 3. The highest BCUT2D eigenvalue weighted by Crippen LogP contribution is 2.55. The molecule has 260 valence electrons. The normalized spacial score (nSPS) is 14.0. The summed E-state index contributed by atoms with van der Waals surface area (Å²) in [6.07, 6.45) is 0. The van der Waals surface area contributed by atoms with Crippen LogP contribution in [-0.4, -0.2) is 6.71 Å². The summed E-state index contributed by atoms with van der Waals surface area (Å²) in [5.74, 6) is 0. The number of para-hydroxylation sites is 4. The summed E-state index contributed by atoms with van der Waals surface area (Å²) in [4.78, 5) is 7.41. The standard InChI is InChI=1S/C51H38BN3/c1-51(2)41-26-13-12-24-39(41)40-25-16-29-45(49(40)51)55-44-28-15-14-27-42(44)52-43-33-32-38(53(35-18-6-3-7-19-35)36-20-8-4-9-21-36)34-48(43)54(37-22-10-5-11-23-37)46-30-17-31-47(55)50(46)52/h3-34H,1-2H3. The average molecular weight is 704 g/mol. The third-order valence-electron chi connectivity index (χ3n) is 12.0. The fourth-order valence-corrected chi connectivity index (χ4v) is 9.73. The second-order valence-electron chi connectivity index (χ2n) is 15.3. The maximum absolute atomic E-state index is 2.56. The summed E-state index contributed by atoms with van der Waals surface area (Å²) in [5.41, 5.74) is 19.8. The lowest BCUT2D eigenvalue weighted by atomic mass is 9.33. The van der Waals surface area contributed by atoms with Crippen LogP contribution in [0.2, 0.25) is 0 Å². The van der Waals surface area contributed by atoms with Crippen molar-refractivity contribution >= 4 is 74.3 Å². The molecule has 3 aliphatic rings. The van der Waals surface area contributed by atoms with Crippen molar-refractivity contribution in [1.82, 2.24) is 0 Å². The van der Waals surface area contributed by atoms with Gasteiger partial charge in [0, 0.05) is 50.9 Å². The summed E-state index contributed by atoms with van der Waals surface area (Å²) < 4.78 is 0. The van der Waals surface area contributed by atoms with Gasteiger partial charge in [0.15, 0.2) is 0 Å². The Bertz CT molecular complexity index is 2720. The van der Waals surface area contributed by atoms with Gasteiger partial charge in [0.05, 0.1) is 5.69 Å². The molecule has 11 rings (SSSR count). The van der Waals surface area contributed by atoms with Crippen LogP contribution in [0, 0.1) is 0 Å². The van der Waals surface area contributed by atoms with Gasteiger partial charge in [-0.1, -0.05) is 135 Å². The van der Waals surface area contributed by atoms with E-state index in [1.807, 2.05) is 0 Å². The van der Waals surface area contributed by atoms with Crippen LogP contribution in [0.1, 0.15) is 25.0 Å². The van der Waals surface area contributed by atoms with Crippen LogP contribution in [0.4, 0.5) is 51.2 Å². The molecule has 1 aliphatic carbocycles. The Balaban J connectivity index is 1.17. The zero-order valence-electron chi connectivity index (χ0n) is 30.9. The molecule has 0 bridgehead atoms. The zero-order valence-corrected chi connectivity index (χ0v) is 30.9. The Hall–Kier alpha value is -6.78. The molecular weight excluding hydrogens is 665 g/mol. The van der Waals surface area contributed by atoms with Crippen molar-refractivity contribution in [3.05, 3.63) is 205 Å². The van der Waals surface area contributed by atoms with Gasteiger partial charge in [0.1, 0.15) is 0 Å². The molecule has 0 amide bonds. The second kappa shape index (κ2) is 12.1. The van der Waals surface area contributed by atoms with Crippen LogP contribution < -0.4 is 31.1 Å². The first kappa shape index (κ1) is 31.7. The molecular formula is C51H38BN3. The SMILES string of the molecule is CC1(C)c2ccccc2-c2cccc(N3c4ccccc4B4c5ccc(N(c6ccccc6)c6ccccc6)cc5N(c5ccccc5)c5cccc3c54)c21. The molecule has 0 saturated heterocycles. The van der Waals surface area contributed by atoms with Crippen LogP contribution in [0.25, 0.3) is 11.1 Å². The quantitative estimate of drug-likeness (QED) is 0.165. The lowest BCUT2D eigenvalue weighted by Crippen LogP contribution is -2.61. The van der Waals surface area contributed by atoms with Crippen molar-refractivity contribution in [1.29, 1.82) is 0 Å². The molecule has 0 radical (unpaired) electrons. The van der Waals surface area contributed by atoms with Gasteiger partial charge in [-0.2, -0.15) is 0 Å². The summed E-state index contributed by atoms with van der Waals surface area (Å²) in [6.45, 7) is 4.82. The van der Waals surface area contributed by atoms with E-state index in [-0.39, 0.29) is 12.1 Å². The van der Waals surface area contributed by atoms with E-state index in [0.29, 0.717) is 0 Å². The summed E-state index contributed by atoms with van der Waals surface area (Å²) in [6, 6.07) is 71.2. The molecule has 2 aliphatic heterocycles. The lowest BCUT2D eigenvalue weighted by Gasteiger charge is -2.45. The first-order valence-corrected chi connectivity index (χ1v) is 19.2. The monoisotopic (exact) mass is 703 g/mol. The summed E-state index contributed by atoms with van der Waals surface area (Å²) >= 11 is 0. The predicted molar refractivity (Wildman–Crippen MR) is 233 cm³/mol. The molecule has 0 aromatic heterocycles. The van der Waals surface area contributed by atoms with Gasteiger partial charge in [-0.25, -0.2) is 0 Å². The first-order valence-electron chi connectivity index (χ1n) is 19.2. The molecule has 0 spiro atoms. The molecule has 0 atom stereocenters. The van der Waals surface area contributed by atoms with Gasteiger partial charge >= 0.3 is 0 Å². The van der Waals surface area contributed by atoms with E-state index in [1.165, 1.54) is 67.1 Å². The Morgan fingerprint density at radius 1 is 0.418 bits per heavy atom. The Morgan fingerprint density at radius 3 is 1.71 bits per heavy atom. The van der Waals surface area contributed by atoms with Crippen LogP contribution in [-0.2, 0) is 5.41 Å². The molecule has 3 nitrogen and oxygen atoms in total. The zero-order chi connectivity index (χ0) is 36.7. The van der Waals surface area contributed by atoms with Crippen LogP contribution in [0.15, 0.2) is 194 Å². The Labute approximate surface area is 323 Å². The number of benzene rings is 8. The van der Waals surface area contributed by atoms with E-state index in [0.717, 1.165) is 22.7 Å². The maximum atomic E-state index is 2.56. The molecule has 2 heterocycles. The first-order chi connectivity index (χ1) is 27.1. The van der Waals surface area contributed by atoms with E-state index in [9.17, 15) is 0 Å². The average Bonchev–Trinajstić information content (AvgIpc) is 3.48. The van der Waals surface area contributed by atoms with E-state index in [1.54, 1.807) is 0 Å². The van der Waals surface area contributed by atoms with E-state index < -0.39 is 0 Å². The molecule has 8 aromatic carbocycles. The highest BCUT2D eigenvalue weighted by Gasteiger charge is 2.45. The summed E-state index contributed by atoms with van der Waals surface area (Å²) in [7, 11) is 0. The number of hydrogen-bond donors (Lipinski definition) is 0. The minimum atomic E-state index is -0.161. The number of rotatable bonds is 5. The van der Waals surface area contributed by atoms with Crippen LogP contribution >= 0.6 is 0 Å². The molecule has 0 N–H and O–H groups in total. The van der Waals surface area contributed by atoms with Gasteiger partial charge in [-0.3, -0.25) is 0 Å². The van der Waals surface area contributed by atoms with E-state index in [2.05, 4.69) is 223 Å². The van der Waals surface area contributed by atoms with Gasteiger partial charge < -0.3 is 14.7 Å². The molecule has 0 saturated carbocycles. The van der Waals surface area contributed by atoms with Crippen molar-refractivity contribution in [3.8, 4) is 11.1 Å². The van der Waals surface area contributed by atoms with Crippen molar-refractivity contribution in [2.45, 2.75) is 19.3 Å². The molecule has 0 unspecified atom stereocenters. The fraction of sp³-hybridized carbons (Fsp3) is 0.0588. The number of anilines is 9. The number of fused-ring (bicyclic) bond motifs is 7. The van der Waals surface area contributed by atoms with Crippen molar-refractivity contribution in [3.63, 3.8) is 0 Å². The van der Waals surface area contributed by atoms with E-state index in [4.69, 9.17) is 0 Å². The van der Waals surface area contributed by atoms with Crippen molar-refractivity contribution in [2.75, 3.05) is 14.7 Å². The topological polar surface area (TPSA) is 9.72 Å². The highest BCUT2D eigenvalue weighted by molar-refractivity contribution is 7.00. The van der Waals surface area contributed by atoms with Gasteiger partial charge in [0.2, 0.25) is 0 Å². The van der Waals surface area contributed by atoms with Crippen LogP contribution in [0.3, 0.4) is 0 Å². The third-order valence-corrected chi connectivity index (χ3v) is 12.0. The Morgan fingerprint density at radius 2 is 0.964 bits per heavy atom. The van der Waals surface area contributed by atoms with Gasteiger partial charge in [-0.05, 0) is 111 Å². The van der Waals surface area contributed by atoms with Crippen LogP contribution in [0.5, 0.6) is 0 Å². The van der Waals surface area contributed by atoms with Crippen molar-refractivity contribution < 1.29 is 0 Å². The predicted octanol–water partition coefficient (Wildman–Crippen LogP) is 11.5. The smallest absolute Gasteiger partial charge is 0.252 e. The minimum Gasteiger partial charge on any atom is -0.311 e. The Kier molecular flexibility index (Phi) is 6.99. The maximum Gasteiger partial charge on any atom is 0.252 e. The van der Waals surface area contributed by atoms with E-state index >= 15 is 0 Å². The van der Waals surface area contributed by atoms with Crippen molar-refractivity contribution in [2.24, 2.45) is 0 Å². The fourth-order valence-electron chi connectivity index (χ4n) is 9.73. The summed E-state index contributed by atoms with van der Waals surface area (Å²) in [5, 5.41) is 0. The number of hydrogen-bond acceptors (Lipinski definition) is 3. The molecule has 4 heteroatoms. The third kappa shape index (κ3) is 4.64.